The summed E-state index contributed by atoms with van der Waals surface area (Å²) < 4.78 is 28.3. The highest BCUT2D eigenvalue weighted by Gasteiger charge is 2.15. The molecule has 0 aliphatic rings. The monoisotopic (exact) mass is 287 g/mol. The maximum absolute atomic E-state index is 11.9. The predicted octanol–water partition coefficient (Wildman–Crippen LogP) is 0.308. The fraction of sp³-hybridized carbons (Fsp3) is 0.182. The van der Waals surface area contributed by atoms with E-state index in [1.54, 1.807) is 5.43 Å². The standard InChI is InChI=1S/C11H11F2N3O4/c12-8(13)10(18)16-15-9(17)7-3-1-6(2-4-7)5-20-11(14)19/h1-4,8H,5H2,(H2,14,19)(H,15,17)(H,16,18). The second-order valence-electron chi connectivity index (χ2n) is 3.55. The average molecular weight is 287 g/mol. The Morgan fingerprint density at radius 2 is 1.75 bits per heavy atom. The van der Waals surface area contributed by atoms with Crippen LogP contribution in [0.15, 0.2) is 24.3 Å². The Hall–Kier alpha value is -2.71. The second-order valence-corrected chi connectivity index (χ2v) is 3.55. The van der Waals surface area contributed by atoms with Crippen LogP contribution in [0, 0.1) is 0 Å². The molecule has 0 heterocycles. The van der Waals surface area contributed by atoms with Crippen LogP contribution in [0.25, 0.3) is 0 Å². The van der Waals surface area contributed by atoms with Gasteiger partial charge in [-0.25, -0.2) is 4.79 Å². The van der Waals surface area contributed by atoms with Crippen molar-refractivity contribution in [3.63, 3.8) is 0 Å². The lowest BCUT2D eigenvalue weighted by molar-refractivity contribution is -0.132. The molecule has 0 saturated carbocycles. The van der Waals surface area contributed by atoms with Crippen molar-refractivity contribution in [3.8, 4) is 0 Å². The number of rotatable bonds is 4. The number of primary amides is 1. The third kappa shape index (κ3) is 4.88. The van der Waals surface area contributed by atoms with Gasteiger partial charge in [-0.2, -0.15) is 8.78 Å². The van der Waals surface area contributed by atoms with Crippen LogP contribution in [-0.2, 0) is 16.1 Å². The maximum Gasteiger partial charge on any atom is 0.404 e. The van der Waals surface area contributed by atoms with Crippen molar-refractivity contribution in [3.05, 3.63) is 35.4 Å². The Morgan fingerprint density at radius 1 is 1.15 bits per heavy atom. The molecular weight excluding hydrogens is 276 g/mol. The normalized spacial score (nSPS) is 9.95. The van der Waals surface area contributed by atoms with E-state index in [9.17, 15) is 23.2 Å². The van der Waals surface area contributed by atoms with Crippen molar-refractivity contribution < 1.29 is 27.9 Å². The van der Waals surface area contributed by atoms with Crippen LogP contribution in [0.2, 0.25) is 0 Å². The number of benzene rings is 1. The number of ether oxygens (including phenoxy) is 1. The molecule has 108 valence electrons. The van der Waals surface area contributed by atoms with Crippen molar-refractivity contribution in [1.82, 2.24) is 10.9 Å². The highest BCUT2D eigenvalue weighted by atomic mass is 19.3. The van der Waals surface area contributed by atoms with Crippen LogP contribution in [-0.4, -0.2) is 24.3 Å². The van der Waals surface area contributed by atoms with Gasteiger partial charge >= 0.3 is 18.4 Å². The first kappa shape index (κ1) is 15.3. The second kappa shape index (κ2) is 7.02. The van der Waals surface area contributed by atoms with E-state index in [1.165, 1.54) is 24.3 Å². The Labute approximate surface area is 112 Å². The molecule has 20 heavy (non-hydrogen) atoms. The van der Waals surface area contributed by atoms with Gasteiger partial charge in [0.05, 0.1) is 0 Å². The number of hydrazine groups is 1. The molecule has 0 spiro atoms. The summed E-state index contributed by atoms with van der Waals surface area (Å²) >= 11 is 0. The first-order valence-electron chi connectivity index (χ1n) is 5.29. The number of carbonyl (C=O) groups is 3. The topological polar surface area (TPSA) is 111 Å². The van der Waals surface area contributed by atoms with Crippen LogP contribution in [0.4, 0.5) is 13.6 Å². The molecule has 0 bridgehead atoms. The molecule has 9 heteroatoms. The third-order valence-electron chi connectivity index (χ3n) is 2.09. The summed E-state index contributed by atoms with van der Waals surface area (Å²) in [4.78, 5) is 32.4. The zero-order valence-corrected chi connectivity index (χ0v) is 10.1. The molecule has 1 aromatic rings. The zero-order chi connectivity index (χ0) is 15.1. The van der Waals surface area contributed by atoms with Gasteiger partial charge in [0, 0.05) is 5.56 Å². The Bertz CT molecular complexity index is 505. The first-order valence-corrected chi connectivity index (χ1v) is 5.29. The fourth-order valence-electron chi connectivity index (χ4n) is 1.15. The summed E-state index contributed by atoms with van der Waals surface area (Å²) in [5.41, 5.74) is 8.88. The largest absolute Gasteiger partial charge is 0.445 e. The molecule has 0 fully saturated rings. The van der Waals surface area contributed by atoms with Crippen molar-refractivity contribution in [1.29, 1.82) is 0 Å². The van der Waals surface area contributed by atoms with Crippen LogP contribution in [0.5, 0.6) is 0 Å². The molecular formula is C11H11F2N3O4. The number of hydrogen-bond donors (Lipinski definition) is 3. The van der Waals surface area contributed by atoms with E-state index >= 15 is 0 Å². The van der Waals surface area contributed by atoms with Crippen molar-refractivity contribution >= 4 is 17.9 Å². The summed E-state index contributed by atoms with van der Waals surface area (Å²) in [5, 5.41) is 0. The van der Waals surface area contributed by atoms with E-state index < -0.39 is 24.3 Å². The molecule has 0 aliphatic heterocycles. The molecule has 0 saturated heterocycles. The van der Waals surface area contributed by atoms with Crippen LogP contribution in [0.1, 0.15) is 15.9 Å². The van der Waals surface area contributed by atoms with E-state index in [2.05, 4.69) is 4.74 Å². The van der Waals surface area contributed by atoms with E-state index in [0.717, 1.165) is 0 Å². The van der Waals surface area contributed by atoms with Gasteiger partial charge in [-0.15, -0.1) is 0 Å². The number of nitrogens with one attached hydrogen (secondary N) is 2. The number of alkyl halides is 2. The molecule has 0 aliphatic carbocycles. The average Bonchev–Trinajstić information content (AvgIpc) is 2.42. The lowest BCUT2D eigenvalue weighted by Gasteiger charge is -2.07. The van der Waals surface area contributed by atoms with Gasteiger partial charge < -0.3 is 10.5 Å². The number of hydrogen-bond acceptors (Lipinski definition) is 4. The Balaban J connectivity index is 2.53. The van der Waals surface area contributed by atoms with Gasteiger partial charge in [0.2, 0.25) is 0 Å². The SMILES string of the molecule is NC(=O)OCc1ccc(C(=O)NNC(=O)C(F)F)cc1. The van der Waals surface area contributed by atoms with Crippen molar-refractivity contribution in [2.24, 2.45) is 5.73 Å². The van der Waals surface area contributed by atoms with Crippen LogP contribution >= 0.6 is 0 Å². The van der Waals surface area contributed by atoms with Gasteiger partial charge in [-0.3, -0.25) is 20.4 Å². The number of halogens is 2. The van der Waals surface area contributed by atoms with E-state index in [0.29, 0.717) is 5.56 Å². The fourth-order valence-corrected chi connectivity index (χ4v) is 1.15. The molecule has 0 aromatic heterocycles. The van der Waals surface area contributed by atoms with E-state index in [4.69, 9.17) is 5.73 Å². The van der Waals surface area contributed by atoms with Crippen LogP contribution in [0.3, 0.4) is 0 Å². The summed E-state index contributed by atoms with van der Waals surface area (Å²) in [7, 11) is 0. The summed E-state index contributed by atoms with van der Waals surface area (Å²) in [6.07, 6.45) is -4.15. The summed E-state index contributed by atoms with van der Waals surface area (Å²) in [5.74, 6) is -2.37. The highest BCUT2D eigenvalue weighted by molar-refractivity contribution is 5.95. The van der Waals surface area contributed by atoms with Crippen LogP contribution < -0.4 is 16.6 Å². The molecule has 4 N–H and O–H groups in total. The molecule has 1 aromatic carbocycles. The third-order valence-corrected chi connectivity index (χ3v) is 2.09. The minimum absolute atomic E-state index is 0.0562. The first-order chi connectivity index (χ1) is 9.40. The molecule has 3 amide bonds. The zero-order valence-electron chi connectivity index (χ0n) is 10.1. The molecule has 7 nitrogen and oxygen atoms in total. The Morgan fingerprint density at radius 3 is 2.25 bits per heavy atom. The number of amides is 3. The quantitative estimate of drug-likeness (QED) is 0.692. The maximum atomic E-state index is 11.9. The highest BCUT2D eigenvalue weighted by Crippen LogP contribution is 2.05. The van der Waals surface area contributed by atoms with Gasteiger partial charge in [0.1, 0.15) is 6.61 Å². The van der Waals surface area contributed by atoms with E-state index in [-0.39, 0.29) is 12.2 Å². The predicted molar refractivity (Wildman–Crippen MR) is 62.4 cm³/mol. The molecule has 0 atom stereocenters. The van der Waals surface area contributed by atoms with E-state index in [1.807, 2.05) is 5.43 Å². The minimum Gasteiger partial charge on any atom is -0.445 e. The minimum atomic E-state index is -3.22. The molecule has 0 unspecified atom stereocenters. The van der Waals surface area contributed by atoms with Gasteiger partial charge in [0.25, 0.3) is 5.91 Å². The molecule has 0 radical (unpaired) electrons. The lowest BCUT2D eigenvalue weighted by Crippen LogP contribution is -2.44. The van der Waals surface area contributed by atoms with Crippen molar-refractivity contribution in [2.45, 2.75) is 13.0 Å². The van der Waals surface area contributed by atoms with Crippen molar-refractivity contribution in [2.75, 3.05) is 0 Å². The summed E-state index contributed by atoms with van der Waals surface area (Å²) in [6.45, 7) is -0.0562. The number of carbonyl (C=O) groups excluding carboxylic acids is 3. The van der Waals surface area contributed by atoms with Gasteiger partial charge in [0.15, 0.2) is 0 Å². The lowest BCUT2D eigenvalue weighted by atomic mass is 10.1. The Kier molecular flexibility index (Phi) is 5.39. The molecule has 1 rings (SSSR count). The number of nitrogens with two attached hydrogens (primary N) is 1. The summed E-state index contributed by atoms with van der Waals surface area (Å²) in [6, 6.07) is 5.69. The van der Waals surface area contributed by atoms with Gasteiger partial charge in [-0.05, 0) is 17.7 Å². The smallest absolute Gasteiger partial charge is 0.404 e. The van der Waals surface area contributed by atoms with Gasteiger partial charge in [-0.1, -0.05) is 12.1 Å².